The number of hydrogen-bond donors (Lipinski definition) is 4. The number of thiazole rings is 1. The SMILES string of the molecule is COC(=O)C(CNC(=O)c1cccs1)NC(=O)c1sc(NC(=O)Cc2cccc(O)c2)nc1Cl. The molecule has 10 nitrogen and oxygen atoms in total. The van der Waals surface area contributed by atoms with Crippen molar-refractivity contribution < 1.29 is 29.0 Å². The van der Waals surface area contributed by atoms with E-state index >= 15 is 0 Å². The summed E-state index contributed by atoms with van der Waals surface area (Å²) in [6, 6.07) is 8.39. The number of methoxy groups -OCH3 is 1. The van der Waals surface area contributed by atoms with Gasteiger partial charge >= 0.3 is 5.97 Å². The molecule has 178 valence electrons. The molecule has 0 saturated heterocycles. The monoisotopic (exact) mass is 522 g/mol. The number of aromatic nitrogens is 1. The van der Waals surface area contributed by atoms with E-state index in [1.807, 2.05) is 0 Å². The Morgan fingerprint density at radius 1 is 1.18 bits per heavy atom. The highest BCUT2D eigenvalue weighted by atomic mass is 35.5. The Morgan fingerprint density at radius 2 is 1.97 bits per heavy atom. The van der Waals surface area contributed by atoms with Gasteiger partial charge in [-0.3, -0.25) is 14.4 Å². The number of rotatable bonds is 9. The van der Waals surface area contributed by atoms with Crippen molar-refractivity contribution in [2.45, 2.75) is 12.5 Å². The summed E-state index contributed by atoms with van der Waals surface area (Å²) >= 11 is 8.12. The molecule has 2 aromatic heterocycles. The smallest absolute Gasteiger partial charge is 0.330 e. The zero-order valence-electron chi connectivity index (χ0n) is 17.7. The maximum Gasteiger partial charge on any atom is 0.330 e. The number of carbonyl (C=O) groups is 4. The summed E-state index contributed by atoms with van der Waals surface area (Å²) in [4.78, 5) is 53.6. The van der Waals surface area contributed by atoms with E-state index < -0.39 is 29.7 Å². The van der Waals surface area contributed by atoms with Crippen LogP contribution in [0.5, 0.6) is 5.75 Å². The maximum absolute atomic E-state index is 12.7. The van der Waals surface area contributed by atoms with Crippen LogP contribution in [0, 0.1) is 0 Å². The molecule has 0 radical (unpaired) electrons. The van der Waals surface area contributed by atoms with Crippen LogP contribution in [0.3, 0.4) is 0 Å². The van der Waals surface area contributed by atoms with E-state index in [0.29, 0.717) is 10.4 Å². The summed E-state index contributed by atoms with van der Waals surface area (Å²) in [5.41, 5.74) is 0.587. The molecular formula is C21H19ClN4O6S2. The van der Waals surface area contributed by atoms with Gasteiger partial charge in [0.1, 0.15) is 16.7 Å². The summed E-state index contributed by atoms with van der Waals surface area (Å²) in [5.74, 6) is -2.28. The van der Waals surface area contributed by atoms with Crippen LogP contribution in [0.2, 0.25) is 5.15 Å². The van der Waals surface area contributed by atoms with Crippen LogP contribution in [0.15, 0.2) is 41.8 Å². The minimum Gasteiger partial charge on any atom is -0.508 e. The number of nitrogens with zero attached hydrogens (tertiary/aromatic N) is 1. The van der Waals surface area contributed by atoms with Crippen molar-refractivity contribution in [3.8, 4) is 5.75 Å². The summed E-state index contributed by atoms with van der Waals surface area (Å²) in [7, 11) is 1.16. The Bertz CT molecular complexity index is 1200. The van der Waals surface area contributed by atoms with E-state index in [1.165, 1.54) is 23.5 Å². The van der Waals surface area contributed by atoms with E-state index in [-0.39, 0.29) is 33.9 Å². The average molecular weight is 523 g/mol. The van der Waals surface area contributed by atoms with Gasteiger partial charge in [-0.25, -0.2) is 9.78 Å². The molecule has 2 heterocycles. The molecule has 0 saturated carbocycles. The van der Waals surface area contributed by atoms with Crippen molar-refractivity contribution >= 4 is 63.1 Å². The van der Waals surface area contributed by atoms with Crippen molar-refractivity contribution in [3.05, 3.63) is 62.2 Å². The van der Waals surface area contributed by atoms with Gasteiger partial charge in [-0.15, -0.1) is 11.3 Å². The number of carbonyl (C=O) groups excluding carboxylic acids is 4. The minimum atomic E-state index is -1.18. The number of phenols is 1. The van der Waals surface area contributed by atoms with Crippen molar-refractivity contribution in [1.29, 1.82) is 0 Å². The normalized spacial score (nSPS) is 11.4. The Morgan fingerprint density at radius 3 is 2.65 bits per heavy atom. The van der Waals surface area contributed by atoms with Gasteiger partial charge in [-0.05, 0) is 29.1 Å². The second kappa shape index (κ2) is 11.6. The molecule has 0 bridgehead atoms. The lowest BCUT2D eigenvalue weighted by Crippen LogP contribution is -2.48. The molecule has 1 unspecified atom stereocenters. The van der Waals surface area contributed by atoms with E-state index in [2.05, 4.69) is 20.9 Å². The summed E-state index contributed by atoms with van der Waals surface area (Å²) in [6.45, 7) is -0.209. The molecule has 4 N–H and O–H groups in total. The fraction of sp³-hybridized carbons (Fsp3) is 0.190. The summed E-state index contributed by atoms with van der Waals surface area (Å²) < 4.78 is 4.70. The van der Waals surface area contributed by atoms with Crippen LogP contribution >= 0.6 is 34.3 Å². The van der Waals surface area contributed by atoms with Gasteiger partial charge in [0.15, 0.2) is 10.3 Å². The standard InChI is InChI=1S/C21H19ClN4O6S2/c1-32-20(31)13(10-23-18(29)14-6-3-7-33-14)24-19(30)16-17(22)26-21(34-16)25-15(28)9-11-4-2-5-12(27)8-11/h2-8,13,27H,9-10H2,1H3,(H,23,29)(H,24,30)(H,25,26,28). The van der Waals surface area contributed by atoms with Gasteiger partial charge in [-0.1, -0.05) is 41.1 Å². The van der Waals surface area contributed by atoms with E-state index in [4.69, 9.17) is 16.3 Å². The van der Waals surface area contributed by atoms with E-state index in [0.717, 1.165) is 18.4 Å². The third kappa shape index (κ3) is 6.76. The fourth-order valence-corrected chi connectivity index (χ4v) is 4.51. The van der Waals surface area contributed by atoms with E-state index in [9.17, 15) is 24.3 Å². The van der Waals surface area contributed by atoms with Gasteiger partial charge in [0, 0.05) is 6.54 Å². The summed E-state index contributed by atoms with van der Waals surface area (Å²) in [6.07, 6.45) is -0.0263. The molecular weight excluding hydrogens is 504 g/mol. The quantitative estimate of drug-likeness (QED) is 0.315. The molecule has 3 aromatic rings. The third-order valence-corrected chi connectivity index (χ3v) is 6.54. The fourth-order valence-electron chi connectivity index (χ4n) is 2.76. The molecule has 1 atom stereocenters. The number of amides is 3. The molecule has 0 aliphatic carbocycles. The van der Waals surface area contributed by atoms with Gasteiger partial charge < -0.3 is 25.8 Å². The molecule has 0 spiro atoms. The topological polar surface area (TPSA) is 147 Å². The first-order valence-electron chi connectivity index (χ1n) is 9.71. The Kier molecular flexibility index (Phi) is 8.57. The average Bonchev–Trinajstić information content (AvgIpc) is 3.45. The van der Waals surface area contributed by atoms with Crippen LogP contribution in [0.4, 0.5) is 5.13 Å². The van der Waals surface area contributed by atoms with Crippen LogP contribution in [0.25, 0.3) is 0 Å². The van der Waals surface area contributed by atoms with Crippen molar-refractivity contribution in [2.75, 3.05) is 19.0 Å². The highest BCUT2D eigenvalue weighted by Gasteiger charge is 2.26. The van der Waals surface area contributed by atoms with Crippen molar-refractivity contribution in [3.63, 3.8) is 0 Å². The first kappa shape index (κ1) is 25.1. The number of phenolic OH excluding ortho intramolecular Hbond substituents is 1. The van der Waals surface area contributed by atoms with E-state index in [1.54, 1.807) is 29.6 Å². The zero-order chi connectivity index (χ0) is 24.7. The second-order valence-corrected chi connectivity index (χ2v) is 9.08. The Labute approximate surface area is 206 Å². The first-order chi connectivity index (χ1) is 16.3. The van der Waals surface area contributed by atoms with Crippen LogP contribution in [0.1, 0.15) is 24.9 Å². The second-order valence-electron chi connectivity index (χ2n) is 6.77. The predicted molar refractivity (Wildman–Crippen MR) is 127 cm³/mol. The molecule has 13 heteroatoms. The number of thiophene rings is 1. The number of halogens is 1. The molecule has 0 fully saturated rings. The zero-order valence-corrected chi connectivity index (χ0v) is 20.1. The number of aromatic hydroxyl groups is 1. The molecule has 34 heavy (non-hydrogen) atoms. The molecule has 3 rings (SSSR count). The predicted octanol–water partition coefficient (Wildman–Crippen LogP) is 2.45. The molecule has 1 aromatic carbocycles. The van der Waals surface area contributed by atoms with Gasteiger partial charge in [0.05, 0.1) is 18.4 Å². The van der Waals surface area contributed by atoms with Crippen LogP contribution in [-0.2, 0) is 20.7 Å². The highest BCUT2D eigenvalue weighted by Crippen LogP contribution is 2.27. The minimum absolute atomic E-state index is 0.0263. The number of benzene rings is 1. The lowest BCUT2D eigenvalue weighted by molar-refractivity contribution is -0.142. The van der Waals surface area contributed by atoms with Gasteiger partial charge in [0.2, 0.25) is 5.91 Å². The number of ether oxygens (including phenoxy) is 1. The molecule has 0 aliphatic rings. The maximum atomic E-state index is 12.7. The van der Waals surface area contributed by atoms with Gasteiger partial charge in [0.25, 0.3) is 11.8 Å². The van der Waals surface area contributed by atoms with Crippen LogP contribution in [-0.4, -0.2) is 53.5 Å². The van der Waals surface area contributed by atoms with Crippen molar-refractivity contribution in [1.82, 2.24) is 15.6 Å². The third-order valence-electron chi connectivity index (χ3n) is 4.32. The van der Waals surface area contributed by atoms with Gasteiger partial charge in [-0.2, -0.15) is 0 Å². The summed E-state index contributed by atoms with van der Waals surface area (Å²) in [5, 5.41) is 18.7. The molecule has 3 amide bonds. The lowest BCUT2D eigenvalue weighted by Gasteiger charge is -2.16. The Hall–Kier alpha value is -3.48. The Balaban J connectivity index is 1.62. The van der Waals surface area contributed by atoms with Crippen molar-refractivity contribution in [2.24, 2.45) is 0 Å². The number of hydrogen-bond acceptors (Lipinski definition) is 9. The highest BCUT2D eigenvalue weighted by molar-refractivity contribution is 7.18. The van der Waals surface area contributed by atoms with Crippen LogP contribution < -0.4 is 16.0 Å². The first-order valence-corrected chi connectivity index (χ1v) is 11.8. The molecule has 0 aliphatic heterocycles. The lowest BCUT2D eigenvalue weighted by atomic mass is 10.1. The number of esters is 1. The number of nitrogens with one attached hydrogen (secondary N) is 3. The largest absolute Gasteiger partial charge is 0.508 e. The number of anilines is 1.